The Bertz CT molecular complexity index is 654. The lowest BCUT2D eigenvalue weighted by molar-refractivity contribution is -0.0396. The number of methoxy groups -OCH3 is 3. The first-order valence-electron chi connectivity index (χ1n) is 8.12. The molecule has 0 radical (unpaired) electrons. The third kappa shape index (κ3) is 5.39. The molecule has 0 saturated carbocycles. The van der Waals surface area contributed by atoms with Gasteiger partial charge in [0.1, 0.15) is 20.6 Å². The molecular formula is C19H29ClO4Si. The maximum Gasteiger partial charge on any atom is 0.153 e. The van der Waals surface area contributed by atoms with Crippen molar-refractivity contribution in [2.75, 3.05) is 28.1 Å². The van der Waals surface area contributed by atoms with E-state index < -0.39 is 8.07 Å². The summed E-state index contributed by atoms with van der Waals surface area (Å²) in [5, 5.41) is 0.622. The summed E-state index contributed by atoms with van der Waals surface area (Å²) in [6, 6.07) is 1.73. The molecule has 0 aliphatic heterocycles. The maximum absolute atomic E-state index is 6.36. The molecule has 0 aliphatic carbocycles. The van der Waals surface area contributed by atoms with Crippen molar-refractivity contribution >= 4 is 19.7 Å². The van der Waals surface area contributed by atoms with Crippen molar-refractivity contribution in [3.05, 3.63) is 22.2 Å². The molecule has 1 aromatic rings. The fourth-order valence-corrected chi connectivity index (χ4v) is 3.02. The minimum Gasteiger partial charge on any atom is -0.496 e. The van der Waals surface area contributed by atoms with Crippen LogP contribution in [0.5, 0.6) is 11.5 Å². The van der Waals surface area contributed by atoms with Crippen LogP contribution in [0.25, 0.3) is 0 Å². The van der Waals surface area contributed by atoms with Crippen molar-refractivity contribution in [1.82, 2.24) is 0 Å². The highest BCUT2D eigenvalue weighted by Gasteiger charge is 2.34. The highest BCUT2D eigenvalue weighted by atomic mass is 35.5. The summed E-state index contributed by atoms with van der Waals surface area (Å²) < 4.78 is 21.5. The van der Waals surface area contributed by atoms with Gasteiger partial charge in [-0.15, -0.1) is 5.54 Å². The summed E-state index contributed by atoms with van der Waals surface area (Å²) in [5.41, 5.74) is 5.03. The van der Waals surface area contributed by atoms with Crippen LogP contribution in [0.3, 0.4) is 0 Å². The number of hydrogen-bond donors (Lipinski definition) is 0. The first-order valence-corrected chi connectivity index (χ1v) is 11.5. The van der Waals surface area contributed by atoms with Crippen LogP contribution in [0, 0.1) is 11.5 Å². The monoisotopic (exact) mass is 384 g/mol. The van der Waals surface area contributed by atoms with Gasteiger partial charge in [0, 0.05) is 18.7 Å². The lowest BCUT2D eigenvalue weighted by Crippen LogP contribution is -2.35. The van der Waals surface area contributed by atoms with Gasteiger partial charge in [-0.1, -0.05) is 51.4 Å². The van der Waals surface area contributed by atoms with Crippen LogP contribution in [-0.4, -0.2) is 36.2 Å². The minimum absolute atomic E-state index is 0.155. The third-order valence-corrected chi connectivity index (χ3v) is 9.33. The number of hydrogen-bond acceptors (Lipinski definition) is 4. The van der Waals surface area contributed by atoms with Gasteiger partial charge in [0.05, 0.1) is 31.4 Å². The van der Waals surface area contributed by atoms with E-state index >= 15 is 0 Å². The van der Waals surface area contributed by atoms with Gasteiger partial charge in [-0.3, -0.25) is 0 Å². The van der Waals surface area contributed by atoms with Crippen LogP contribution in [0.4, 0.5) is 0 Å². The van der Waals surface area contributed by atoms with E-state index in [1.165, 1.54) is 0 Å². The van der Waals surface area contributed by atoms with Gasteiger partial charge in [-0.2, -0.15) is 0 Å². The molecule has 6 heteroatoms. The fourth-order valence-electron chi connectivity index (χ4n) is 1.94. The summed E-state index contributed by atoms with van der Waals surface area (Å²) in [4.78, 5) is 0. The van der Waals surface area contributed by atoms with Crippen molar-refractivity contribution < 1.29 is 18.9 Å². The highest BCUT2D eigenvalue weighted by molar-refractivity contribution is 6.87. The second kappa shape index (κ2) is 8.95. The summed E-state index contributed by atoms with van der Waals surface area (Å²) in [6.45, 7) is 11.7. The van der Waals surface area contributed by atoms with Crippen molar-refractivity contribution in [2.24, 2.45) is 0 Å². The molecule has 0 saturated heterocycles. The second-order valence-electron chi connectivity index (χ2n) is 7.33. The SMILES string of the molecule is COCOCc1c(OC)cc(Cl)c(OC)c1C#C[Si](C)(C)C(C)(C)C. The second-order valence-corrected chi connectivity index (χ2v) is 12.7. The van der Waals surface area contributed by atoms with Gasteiger partial charge >= 0.3 is 0 Å². The number of ether oxygens (including phenoxy) is 4. The Morgan fingerprint density at radius 2 is 1.76 bits per heavy atom. The first kappa shape index (κ1) is 21.8. The third-order valence-electron chi connectivity index (χ3n) is 4.55. The summed E-state index contributed by atoms with van der Waals surface area (Å²) in [6.07, 6.45) is 0. The Labute approximate surface area is 157 Å². The van der Waals surface area contributed by atoms with Gasteiger partial charge in [-0.05, 0) is 5.04 Å². The van der Waals surface area contributed by atoms with Crippen LogP contribution in [0.15, 0.2) is 6.07 Å². The normalized spacial score (nSPS) is 11.7. The van der Waals surface area contributed by atoms with Gasteiger partial charge in [-0.25, -0.2) is 0 Å². The average Bonchev–Trinajstić information content (AvgIpc) is 2.52. The lowest BCUT2D eigenvalue weighted by Gasteiger charge is -2.31. The molecule has 1 rings (SSSR count). The standard InChI is InChI=1S/C19H29ClO4Si/c1-19(2,3)25(7,8)10-9-14-15(12-24-13-21-4)17(22-5)11-16(20)18(14)23-6/h11H,12-13H2,1-8H3. The molecule has 0 amide bonds. The number of benzene rings is 1. The summed E-state index contributed by atoms with van der Waals surface area (Å²) in [5.74, 6) is 4.50. The fraction of sp³-hybridized carbons (Fsp3) is 0.579. The summed E-state index contributed by atoms with van der Waals surface area (Å²) >= 11 is 6.36. The Hall–Kier alpha value is -1.19. The molecule has 0 atom stereocenters. The van der Waals surface area contributed by atoms with Crippen LogP contribution in [0.1, 0.15) is 31.9 Å². The lowest BCUT2D eigenvalue weighted by atomic mass is 10.1. The van der Waals surface area contributed by atoms with Gasteiger partial charge in [0.2, 0.25) is 0 Å². The molecule has 0 N–H and O–H groups in total. The van der Waals surface area contributed by atoms with Crippen molar-refractivity contribution in [2.45, 2.75) is 45.5 Å². The largest absolute Gasteiger partial charge is 0.496 e. The van der Waals surface area contributed by atoms with E-state index in [-0.39, 0.29) is 11.8 Å². The molecule has 0 spiro atoms. The van der Waals surface area contributed by atoms with Gasteiger partial charge < -0.3 is 18.9 Å². The van der Waals surface area contributed by atoms with Crippen LogP contribution in [0.2, 0.25) is 23.2 Å². The Morgan fingerprint density at radius 1 is 1.12 bits per heavy atom. The Balaban J connectivity index is 3.52. The molecule has 0 bridgehead atoms. The van der Waals surface area contributed by atoms with E-state index in [1.807, 2.05) is 0 Å². The zero-order valence-electron chi connectivity index (χ0n) is 16.5. The predicted molar refractivity (Wildman–Crippen MR) is 105 cm³/mol. The molecule has 0 aliphatic rings. The quantitative estimate of drug-likeness (QED) is 0.303. The molecular weight excluding hydrogens is 356 g/mol. The van der Waals surface area contributed by atoms with Crippen molar-refractivity contribution in [1.29, 1.82) is 0 Å². The molecule has 0 unspecified atom stereocenters. The predicted octanol–water partition coefficient (Wildman–Crippen LogP) is 4.88. The van der Waals surface area contributed by atoms with E-state index in [9.17, 15) is 0 Å². The van der Waals surface area contributed by atoms with E-state index in [4.69, 9.17) is 30.5 Å². The number of halogens is 1. The first-order chi connectivity index (χ1) is 11.6. The Morgan fingerprint density at radius 3 is 2.24 bits per heavy atom. The molecule has 0 heterocycles. The molecule has 0 aromatic heterocycles. The highest BCUT2D eigenvalue weighted by Crippen LogP contribution is 2.39. The van der Waals surface area contributed by atoms with Crippen molar-refractivity contribution in [3.63, 3.8) is 0 Å². The number of rotatable bonds is 6. The van der Waals surface area contributed by atoms with Gasteiger partial charge in [0.25, 0.3) is 0 Å². The van der Waals surface area contributed by atoms with E-state index in [0.29, 0.717) is 28.7 Å². The molecule has 25 heavy (non-hydrogen) atoms. The topological polar surface area (TPSA) is 36.9 Å². The minimum atomic E-state index is -1.80. The van der Waals surface area contributed by atoms with Crippen LogP contribution >= 0.6 is 11.6 Å². The molecule has 0 fully saturated rings. The van der Waals surface area contributed by atoms with E-state index in [2.05, 4.69) is 45.3 Å². The molecule has 1 aromatic carbocycles. The van der Waals surface area contributed by atoms with Gasteiger partial charge in [0.15, 0.2) is 5.75 Å². The summed E-state index contributed by atoms with van der Waals surface area (Å²) in [7, 11) is 2.97. The maximum atomic E-state index is 6.36. The zero-order chi connectivity index (χ0) is 19.3. The average molecular weight is 385 g/mol. The smallest absolute Gasteiger partial charge is 0.153 e. The zero-order valence-corrected chi connectivity index (χ0v) is 18.3. The van der Waals surface area contributed by atoms with Crippen LogP contribution in [-0.2, 0) is 16.1 Å². The van der Waals surface area contributed by atoms with Crippen molar-refractivity contribution in [3.8, 4) is 23.0 Å². The Kier molecular flexibility index (Phi) is 7.82. The van der Waals surface area contributed by atoms with Crippen LogP contribution < -0.4 is 9.47 Å². The van der Waals surface area contributed by atoms with E-state index in [1.54, 1.807) is 27.4 Å². The molecule has 4 nitrogen and oxygen atoms in total. The van der Waals surface area contributed by atoms with E-state index in [0.717, 1.165) is 5.56 Å². The molecule has 140 valence electrons.